The first-order valence-electron chi connectivity index (χ1n) is 4.55. The van der Waals surface area contributed by atoms with Gasteiger partial charge in [0.1, 0.15) is 12.4 Å². The van der Waals surface area contributed by atoms with Crippen molar-refractivity contribution in [1.82, 2.24) is 5.32 Å². The standard InChI is InChI=1S/C10H10ClF2NO/c1-14-8-4-15-9-3-5(10(12)13)7(11)2-6(8)9/h2-3,8,10,14H,4H2,1H3/t8-/m1/s1. The number of fused-ring (bicyclic) bond motifs is 1. The molecule has 1 N–H and O–H groups in total. The van der Waals surface area contributed by atoms with E-state index in [1.165, 1.54) is 6.07 Å². The maximum atomic E-state index is 12.5. The molecule has 0 saturated carbocycles. The van der Waals surface area contributed by atoms with Crippen LogP contribution in [-0.4, -0.2) is 13.7 Å². The zero-order chi connectivity index (χ0) is 11.0. The van der Waals surface area contributed by atoms with Crippen molar-refractivity contribution in [3.8, 4) is 5.75 Å². The van der Waals surface area contributed by atoms with E-state index < -0.39 is 6.43 Å². The number of hydrogen-bond donors (Lipinski definition) is 1. The Hall–Kier alpha value is -0.870. The summed E-state index contributed by atoms with van der Waals surface area (Å²) < 4.78 is 30.3. The minimum absolute atomic E-state index is 0.0317. The Morgan fingerprint density at radius 3 is 2.87 bits per heavy atom. The normalized spacial score (nSPS) is 19.1. The van der Waals surface area contributed by atoms with Crippen LogP contribution in [0.5, 0.6) is 5.75 Å². The summed E-state index contributed by atoms with van der Waals surface area (Å²) in [4.78, 5) is 0. The summed E-state index contributed by atoms with van der Waals surface area (Å²) in [5.74, 6) is 0.494. The molecule has 1 aromatic rings. The second-order valence-corrected chi connectivity index (χ2v) is 3.77. The van der Waals surface area contributed by atoms with Crippen LogP contribution >= 0.6 is 11.6 Å². The molecule has 1 heterocycles. The molecule has 0 bridgehead atoms. The van der Waals surface area contributed by atoms with Gasteiger partial charge in [-0.3, -0.25) is 0 Å². The van der Waals surface area contributed by atoms with Crippen molar-refractivity contribution in [1.29, 1.82) is 0 Å². The van der Waals surface area contributed by atoms with Gasteiger partial charge in [0.15, 0.2) is 0 Å². The predicted octanol–water partition coefficient (Wildman–Crippen LogP) is 2.93. The van der Waals surface area contributed by atoms with Crippen molar-refractivity contribution in [3.63, 3.8) is 0 Å². The van der Waals surface area contributed by atoms with Gasteiger partial charge in [0, 0.05) is 11.1 Å². The topological polar surface area (TPSA) is 21.3 Å². The molecule has 0 saturated heterocycles. The van der Waals surface area contributed by atoms with Crippen molar-refractivity contribution in [2.75, 3.05) is 13.7 Å². The average Bonchev–Trinajstić information content (AvgIpc) is 2.58. The SMILES string of the molecule is CN[C@@H]1COc2cc(C(F)F)c(Cl)cc21. The summed E-state index contributed by atoms with van der Waals surface area (Å²) in [5.41, 5.74) is 0.666. The van der Waals surface area contributed by atoms with Crippen LogP contribution in [0.3, 0.4) is 0 Å². The van der Waals surface area contributed by atoms with Crippen LogP contribution in [-0.2, 0) is 0 Å². The van der Waals surface area contributed by atoms with Gasteiger partial charge in [-0.15, -0.1) is 0 Å². The summed E-state index contributed by atoms with van der Waals surface area (Å²) in [6, 6.07) is 2.90. The molecule has 0 spiro atoms. The first-order valence-corrected chi connectivity index (χ1v) is 4.93. The van der Waals surface area contributed by atoms with Crippen LogP contribution in [0.15, 0.2) is 12.1 Å². The molecular formula is C10H10ClF2NO. The summed E-state index contributed by atoms with van der Waals surface area (Å²) >= 11 is 5.76. The molecule has 1 aliphatic rings. The first kappa shape index (κ1) is 10.6. The first-order chi connectivity index (χ1) is 7.13. The zero-order valence-corrected chi connectivity index (χ0v) is 8.81. The molecule has 0 aromatic heterocycles. The predicted molar refractivity (Wildman–Crippen MR) is 53.7 cm³/mol. The van der Waals surface area contributed by atoms with Crippen molar-refractivity contribution >= 4 is 11.6 Å². The number of alkyl halides is 2. The van der Waals surface area contributed by atoms with Gasteiger partial charge in [0.2, 0.25) is 0 Å². The van der Waals surface area contributed by atoms with E-state index in [0.29, 0.717) is 12.4 Å². The molecule has 1 atom stereocenters. The third kappa shape index (κ3) is 1.79. The summed E-state index contributed by atoms with van der Waals surface area (Å²) in [5, 5.41) is 3.12. The van der Waals surface area contributed by atoms with E-state index in [2.05, 4.69) is 5.32 Å². The second-order valence-electron chi connectivity index (χ2n) is 3.36. The molecule has 5 heteroatoms. The number of ether oxygens (including phenoxy) is 1. The van der Waals surface area contributed by atoms with E-state index in [9.17, 15) is 8.78 Å². The molecule has 1 aliphatic heterocycles. The van der Waals surface area contributed by atoms with Crippen LogP contribution in [0.2, 0.25) is 5.02 Å². The van der Waals surface area contributed by atoms with Gasteiger partial charge in [-0.05, 0) is 19.2 Å². The molecule has 0 fully saturated rings. The van der Waals surface area contributed by atoms with Gasteiger partial charge in [0.25, 0.3) is 6.43 Å². The minimum atomic E-state index is -2.57. The lowest BCUT2D eigenvalue weighted by atomic mass is 10.1. The van der Waals surface area contributed by atoms with E-state index in [0.717, 1.165) is 5.56 Å². The maximum absolute atomic E-state index is 12.5. The van der Waals surface area contributed by atoms with Gasteiger partial charge in [-0.1, -0.05) is 11.6 Å². The van der Waals surface area contributed by atoms with E-state index in [-0.39, 0.29) is 16.6 Å². The van der Waals surface area contributed by atoms with Crippen LogP contribution in [0.25, 0.3) is 0 Å². The minimum Gasteiger partial charge on any atom is -0.491 e. The van der Waals surface area contributed by atoms with Gasteiger partial charge in [-0.2, -0.15) is 0 Å². The van der Waals surface area contributed by atoms with Gasteiger partial charge in [0.05, 0.1) is 11.1 Å². The fraction of sp³-hybridized carbons (Fsp3) is 0.400. The van der Waals surface area contributed by atoms with Crippen LogP contribution in [0, 0.1) is 0 Å². The van der Waals surface area contributed by atoms with Crippen molar-refractivity contribution < 1.29 is 13.5 Å². The van der Waals surface area contributed by atoms with Crippen LogP contribution in [0.4, 0.5) is 8.78 Å². The summed E-state index contributed by atoms with van der Waals surface area (Å²) in [6.07, 6.45) is -2.57. The molecule has 0 aliphatic carbocycles. The number of benzene rings is 1. The number of hydrogen-bond acceptors (Lipinski definition) is 2. The number of likely N-dealkylation sites (N-methyl/N-ethyl adjacent to an activating group) is 1. The molecule has 2 rings (SSSR count). The van der Waals surface area contributed by atoms with Crippen LogP contribution < -0.4 is 10.1 Å². The number of halogens is 3. The van der Waals surface area contributed by atoms with E-state index in [4.69, 9.17) is 16.3 Å². The van der Waals surface area contributed by atoms with Gasteiger partial charge in [-0.25, -0.2) is 8.78 Å². The quantitative estimate of drug-likeness (QED) is 0.848. The third-order valence-corrected chi connectivity index (χ3v) is 2.82. The monoisotopic (exact) mass is 233 g/mol. The molecule has 0 unspecified atom stereocenters. The largest absolute Gasteiger partial charge is 0.491 e. The molecule has 1 aromatic carbocycles. The zero-order valence-electron chi connectivity index (χ0n) is 8.06. The number of nitrogens with one attached hydrogen (secondary N) is 1. The summed E-state index contributed by atoms with van der Waals surface area (Å²) in [6.45, 7) is 0.453. The smallest absolute Gasteiger partial charge is 0.265 e. The molecule has 0 amide bonds. The fourth-order valence-electron chi connectivity index (χ4n) is 1.65. The van der Waals surface area contributed by atoms with Gasteiger partial charge >= 0.3 is 0 Å². The van der Waals surface area contributed by atoms with Crippen molar-refractivity contribution in [2.24, 2.45) is 0 Å². The third-order valence-electron chi connectivity index (χ3n) is 2.49. The fourth-order valence-corrected chi connectivity index (χ4v) is 1.91. The number of rotatable bonds is 2. The Morgan fingerprint density at radius 1 is 1.53 bits per heavy atom. The highest BCUT2D eigenvalue weighted by Gasteiger charge is 2.26. The highest BCUT2D eigenvalue weighted by atomic mass is 35.5. The lowest BCUT2D eigenvalue weighted by Crippen LogP contribution is -2.17. The maximum Gasteiger partial charge on any atom is 0.265 e. The molecule has 0 radical (unpaired) electrons. The Morgan fingerprint density at radius 2 is 2.27 bits per heavy atom. The Balaban J connectivity index is 2.45. The Bertz CT molecular complexity index is 384. The Kier molecular flexibility index (Phi) is 2.80. The molecule has 82 valence electrons. The Labute approximate surface area is 91.2 Å². The average molecular weight is 234 g/mol. The van der Waals surface area contributed by atoms with E-state index in [1.807, 2.05) is 0 Å². The molecule has 15 heavy (non-hydrogen) atoms. The molecule has 2 nitrogen and oxygen atoms in total. The molecular weight excluding hydrogens is 224 g/mol. The van der Waals surface area contributed by atoms with E-state index >= 15 is 0 Å². The highest BCUT2D eigenvalue weighted by Crippen LogP contribution is 2.39. The second kappa shape index (κ2) is 3.94. The summed E-state index contributed by atoms with van der Waals surface area (Å²) in [7, 11) is 1.79. The van der Waals surface area contributed by atoms with Crippen molar-refractivity contribution in [3.05, 3.63) is 28.3 Å². The highest BCUT2D eigenvalue weighted by molar-refractivity contribution is 6.31. The van der Waals surface area contributed by atoms with Crippen LogP contribution in [0.1, 0.15) is 23.6 Å². The van der Waals surface area contributed by atoms with Crippen molar-refractivity contribution in [2.45, 2.75) is 12.5 Å². The lowest BCUT2D eigenvalue weighted by Gasteiger charge is -2.08. The van der Waals surface area contributed by atoms with Gasteiger partial charge < -0.3 is 10.1 Å². The lowest BCUT2D eigenvalue weighted by molar-refractivity contribution is 0.151. The van der Waals surface area contributed by atoms with E-state index in [1.54, 1.807) is 13.1 Å².